The number of sulfone groups is 1. The lowest BCUT2D eigenvalue weighted by Crippen LogP contribution is -2.31. The van der Waals surface area contributed by atoms with E-state index in [0.717, 1.165) is 11.3 Å². The fourth-order valence-electron chi connectivity index (χ4n) is 3.47. The molecule has 12 heteroatoms. The topological polar surface area (TPSA) is 152 Å². The van der Waals surface area contributed by atoms with Crippen LogP contribution in [0.2, 0.25) is 0 Å². The second-order valence-corrected chi connectivity index (χ2v) is 11.0. The molecule has 0 bridgehead atoms. The minimum absolute atomic E-state index is 0.0840. The summed E-state index contributed by atoms with van der Waals surface area (Å²) in [6, 6.07) is 6.11. The maximum absolute atomic E-state index is 13.1. The number of rotatable bonds is 9. The van der Waals surface area contributed by atoms with Crippen molar-refractivity contribution in [1.82, 2.24) is 4.98 Å². The van der Waals surface area contributed by atoms with Crippen molar-refractivity contribution in [3.63, 3.8) is 0 Å². The number of anilines is 1. The van der Waals surface area contributed by atoms with Crippen LogP contribution in [0.25, 0.3) is 0 Å². The zero-order chi connectivity index (χ0) is 23.6. The van der Waals surface area contributed by atoms with E-state index in [9.17, 15) is 23.1 Å². The van der Waals surface area contributed by atoms with E-state index in [-0.39, 0.29) is 27.1 Å². The average Bonchev–Trinajstić information content (AvgIpc) is 3.58. The van der Waals surface area contributed by atoms with Crippen LogP contribution in [0, 0.1) is 0 Å². The van der Waals surface area contributed by atoms with Gasteiger partial charge in [-0.05, 0) is 43.4 Å². The molecule has 33 heavy (non-hydrogen) atoms. The SMILES string of the molecule is O=C(O)C(O)c1csc(NC(=O)C(OC2CCOCC2)c2ccc(S(=O)(=O)C3CC3)cc2)n1. The first-order valence-corrected chi connectivity index (χ1v) is 12.9. The van der Waals surface area contributed by atoms with Crippen LogP contribution < -0.4 is 5.32 Å². The first kappa shape index (κ1) is 23.8. The van der Waals surface area contributed by atoms with Gasteiger partial charge in [0.25, 0.3) is 5.91 Å². The number of carbonyl (C=O) groups is 2. The minimum atomic E-state index is -3.35. The van der Waals surface area contributed by atoms with E-state index >= 15 is 0 Å². The van der Waals surface area contributed by atoms with Crippen LogP contribution in [-0.4, -0.2) is 60.1 Å². The molecule has 2 fully saturated rings. The molecule has 2 aromatic rings. The van der Waals surface area contributed by atoms with Crippen LogP contribution in [0.15, 0.2) is 34.5 Å². The highest BCUT2D eigenvalue weighted by Gasteiger charge is 2.37. The standard InChI is InChI=1S/C21H24N2O8S2/c24-17(20(26)27)16-11-32-21(22-16)23-19(25)18(31-13-7-9-30-10-8-13)12-1-3-14(4-2-12)33(28,29)15-5-6-15/h1-4,11,13,15,17-18,24H,5-10H2,(H,26,27)(H,22,23,25). The van der Waals surface area contributed by atoms with E-state index in [1.54, 1.807) is 12.1 Å². The number of nitrogens with one attached hydrogen (secondary N) is 1. The molecule has 1 aromatic heterocycles. The zero-order valence-corrected chi connectivity index (χ0v) is 19.2. The number of aliphatic carboxylic acids is 1. The minimum Gasteiger partial charge on any atom is -0.479 e. The Hall–Kier alpha value is -2.38. The number of aromatic nitrogens is 1. The van der Waals surface area contributed by atoms with Crippen molar-refractivity contribution in [3.8, 4) is 0 Å². The predicted octanol–water partition coefficient (Wildman–Crippen LogP) is 2.07. The van der Waals surface area contributed by atoms with Crippen molar-refractivity contribution in [2.75, 3.05) is 18.5 Å². The smallest absolute Gasteiger partial charge is 0.338 e. The lowest BCUT2D eigenvalue weighted by molar-refractivity contribution is -0.147. The zero-order valence-electron chi connectivity index (χ0n) is 17.5. The number of carboxylic acid groups (broad SMARTS) is 1. The predicted molar refractivity (Wildman–Crippen MR) is 118 cm³/mol. The van der Waals surface area contributed by atoms with Crippen LogP contribution in [0.3, 0.4) is 0 Å². The van der Waals surface area contributed by atoms with Gasteiger partial charge in [0.1, 0.15) is 0 Å². The number of carboxylic acids is 1. The molecule has 178 valence electrons. The monoisotopic (exact) mass is 496 g/mol. The Morgan fingerprint density at radius 2 is 1.82 bits per heavy atom. The Labute approximate surface area is 194 Å². The van der Waals surface area contributed by atoms with Crippen molar-refractivity contribution < 1.29 is 37.7 Å². The molecule has 2 aliphatic rings. The van der Waals surface area contributed by atoms with Gasteiger partial charge < -0.3 is 19.7 Å². The maximum Gasteiger partial charge on any atom is 0.338 e. The number of ether oxygens (including phenoxy) is 2. The second kappa shape index (κ2) is 9.85. The van der Waals surface area contributed by atoms with Gasteiger partial charge in [0.2, 0.25) is 0 Å². The summed E-state index contributed by atoms with van der Waals surface area (Å²) in [5, 5.41) is 22.3. The fourth-order valence-corrected chi connectivity index (χ4v) is 5.85. The van der Waals surface area contributed by atoms with Gasteiger partial charge in [-0.15, -0.1) is 11.3 Å². The Balaban J connectivity index is 1.54. The Bertz CT molecular complexity index is 1110. The molecule has 1 saturated heterocycles. The van der Waals surface area contributed by atoms with Crippen LogP contribution in [-0.2, 0) is 28.9 Å². The first-order valence-electron chi connectivity index (χ1n) is 10.5. The molecule has 2 atom stereocenters. The summed E-state index contributed by atoms with van der Waals surface area (Å²) in [6.07, 6.45) is -0.494. The number of hydrogen-bond acceptors (Lipinski definition) is 9. The third-order valence-corrected chi connectivity index (χ3v) is 8.53. The molecule has 2 unspecified atom stereocenters. The van der Waals surface area contributed by atoms with E-state index in [1.807, 2.05) is 0 Å². The lowest BCUT2D eigenvalue weighted by Gasteiger charge is -2.27. The lowest BCUT2D eigenvalue weighted by atomic mass is 10.1. The number of thiazole rings is 1. The molecule has 2 heterocycles. The van der Waals surface area contributed by atoms with Gasteiger partial charge in [0, 0.05) is 18.6 Å². The van der Waals surface area contributed by atoms with Crippen molar-refractivity contribution in [1.29, 1.82) is 0 Å². The fraction of sp³-hybridized carbons (Fsp3) is 0.476. The van der Waals surface area contributed by atoms with Gasteiger partial charge in [0.15, 0.2) is 27.2 Å². The highest BCUT2D eigenvalue weighted by molar-refractivity contribution is 7.92. The summed E-state index contributed by atoms with van der Waals surface area (Å²) in [5.41, 5.74) is 0.399. The molecular formula is C21H24N2O8S2. The molecule has 1 aromatic carbocycles. The number of aliphatic hydroxyl groups excluding tert-OH is 1. The number of hydrogen-bond donors (Lipinski definition) is 3. The largest absolute Gasteiger partial charge is 0.479 e. The van der Waals surface area contributed by atoms with Crippen LogP contribution in [0.4, 0.5) is 5.13 Å². The number of nitrogens with zero attached hydrogens (tertiary/aromatic N) is 1. The molecule has 1 aliphatic carbocycles. The van der Waals surface area contributed by atoms with Crippen LogP contribution in [0.5, 0.6) is 0 Å². The van der Waals surface area contributed by atoms with Crippen molar-refractivity contribution in [2.24, 2.45) is 0 Å². The third-order valence-electron chi connectivity index (χ3n) is 5.48. The molecule has 1 amide bonds. The van der Waals surface area contributed by atoms with Gasteiger partial charge in [-0.2, -0.15) is 0 Å². The van der Waals surface area contributed by atoms with E-state index in [2.05, 4.69) is 10.3 Å². The van der Waals surface area contributed by atoms with Crippen molar-refractivity contribution in [2.45, 2.75) is 54.1 Å². The summed E-state index contributed by atoms with van der Waals surface area (Å²) < 4.78 is 36.4. The van der Waals surface area contributed by atoms with Gasteiger partial charge in [-0.3, -0.25) is 10.1 Å². The maximum atomic E-state index is 13.1. The molecule has 4 rings (SSSR count). The van der Waals surface area contributed by atoms with E-state index in [1.165, 1.54) is 17.5 Å². The van der Waals surface area contributed by atoms with E-state index in [0.29, 0.717) is 44.5 Å². The molecule has 0 radical (unpaired) electrons. The van der Waals surface area contributed by atoms with Crippen LogP contribution >= 0.6 is 11.3 Å². The summed E-state index contributed by atoms with van der Waals surface area (Å²) in [5.74, 6) is -1.98. The van der Waals surface area contributed by atoms with Crippen LogP contribution in [0.1, 0.15) is 49.1 Å². The number of amides is 1. The summed E-state index contributed by atoms with van der Waals surface area (Å²) in [4.78, 5) is 28.2. The summed E-state index contributed by atoms with van der Waals surface area (Å²) in [7, 11) is -3.35. The second-order valence-electron chi connectivity index (χ2n) is 7.95. The number of aliphatic hydroxyl groups is 1. The van der Waals surface area contributed by atoms with E-state index < -0.39 is 33.9 Å². The Kier molecular flexibility index (Phi) is 7.10. The third kappa shape index (κ3) is 5.58. The molecular weight excluding hydrogens is 472 g/mol. The summed E-state index contributed by atoms with van der Waals surface area (Å²) >= 11 is 0.977. The Morgan fingerprint density at radius 3 is 2.42 bits per heavy atom. The number of carbonyl (C=O) groups excluding carboxylic acids is 1. The van der Waals surface area contributed by atoms with E-state index in [4.69, 9.17) is 14.6 Å². The molecule has 1 aliphatic heterocycles. The molecule has 3 N–H and O–H groups in total. The van der Waals surface area contributed by atoms with Crippen molar-refractivity contribution in [3.05, 3.63) is 40.9 Å². The van der Waals surface area contributed by atoms with Gasteiger partial charge in [-0.1, -0.05) is 12.1 Å². The average molecular weight is 497 g/mol. The van der Waals surface area contributed by atoms with Gasteiger partial charge >= 0.3 is 5.97 Å². The highest BCUT2D eigenvalue weighted by Crippen LogP contribution is 2.34. The number of benzene rings is 1. The van der Waals surface area contributed by atoms with Gasteiger partial charge in [-0.25, -0.2) is 18.2 Å². The first-order chi connectivity index (χ1) is 15.8. The molecule has 10 nitrogen and oxygen atoms in total. The van der Waals surface area contributed by atoms with Gasteiger partial charge in [0.05, 0.1) is 21.9 Å². The Morgan fingerprint density at radius 1 is 1.15 bits per heavy atom. The molecule has 1 saturated carbocycles. The summed E-state index contributed by atoms with van der Waals surface area (Å²) in [6.45, 7) is 1.03. The quantitative estimate of drug-likeness (QED) is 0.474. The highest BCUT2D eigenvalue weighted by atomic mass is 32.2. The molecule has 0 spiro atoms. The normalized spacial score (nSPS) is 19.1. The van der Waals surface area contributed by atoms with Crippen molar-refractivity contribution >= 4 is 38.2 Å².